The van der Waals surface area contributed by atoms with Crippen molar-refractivity contribution < 1.29 is 15.0 Å². The Kier molecular flexibility index (Phi) is 4.39. The second-order valence-electron chi connectivity index (χ2n) is 4.97. The van der Waals surface area contributed by atoms with E-state index in [1.165, 1.54) is 12.8 Å². The molecule has 0 saturated carbocycles. The zero-order valence-electron chi connectivity index (χ0n) is 10.8. The fraction of sp³-hybridized carbons (Fsp3) is 0.500. The van der Waals surface area contributed by atoms with Gasteiger partial charge in [0.25, 0.3) is 0 Å². The van der Waals surface area contributed by atoms with E-state index in [0.29, 0.717) is 5.56 Å². The van der Waals surface area contributed by atoms with Crippen LogP contribution in [-0.4, -0.2) is 35.3 Å². The Bertz CT molecular complexity index is 444. The van der Waals surface area contributed by atoms with Crippen molar-refractivity contribution in [3.63, 3.8) is 0 Å². The number of nitrogens with zero attached hydrogens (tertiary/aromatic N) is 1. The maximum atomic E-state index is 10.8. The standard InChI is InChI=1S/C14H20N2O3/c15-13(18)9-12(17)14(19)10-4-3-5-11(8-10)16-6-1-2-7-16/h3-5,8,12,14,17,19H,1-2,6-7,9H2,(H2,15,18). The van der Waals surface area contributed by atoms with E-state index in [2.05, 4.69) is 4.90 Å². The van der Waals surface area contributed by atoms with Gasteiger partial charge in [-0.25, -0.2) is 0 Å². The van der Waals surface area contributed by atoms with Crippen LogP contribution < -0.4 is 10.6 Å². The zero-order chi connectivity index (χ0) is 13.8. The third kappa shape index (κ3) is 3.45. The van der Waals surface area contributed by atoms with Gasteiger partial charge in [0.2, 0.25) is 5.91 Å². The van der Waals surface area contributed by atoms with Crippen molar-refractivity contribution in [1.82, 2.24) is 0 Å². The molecule has 0 bridgehead atoms. The molecule has 2 unspecified atom stereocenters. The summed E-state index contributed by atoms with van der Waals surface area (Å²) in [6.45, 7) is 2.03. The molecular weight excluding hydrogens is 244 g/mol. The van der Waals surface area contributed by atoms with E-state index in [9.17, 15) is 15.0 Å². The molecule has 0 aromatic heterocycles. The van der Waals surface area contributed by atoms with Gasteiger partial charge in [0.05, 0.1) is 12.5 Å². The number of hydrogen-bond donors (Lipinski definition) is 3. The average Bonchev–Trinajstić information content (AvgIpc) is 2.91. The molecule has 1 aromatic carbocycles. The van der Waals surface area contributed by atoms with Gasteiger partial charge in [-0.15, -0.1) is 0 Å². The minimum absolute atomic E-state index is 0.241. The van der Waals surface area contributed by atoms with Crippen molar-refractivity contribution in [2.24, 2.45) is 5.73 Å². The number of carbonyl (C=O) groups is 1. The van der Waals surface area contributed by atoms with Gasteiger partial charge in [-0.3, -0.25) is 4.79 Å². The molecule has 0 aliphatic carbocycles. The first-order valence-corrected chi connectivity index (χ1v) is 6.57. The Morgan fingerprint density at radius 1 is 1.32 bits per heavy atom. The molecule has 104 valence electrons. The largest absolute Gasteiger partial charge is 0.390 e. The van der Waals surface area contributed by atoms with Gasteiger partial charge in [0.15, 0.2) is 0 Å². The van der Waals surface area contributed by atoms with Crippen LogP contribution in [0, 0.1) is 0 Å². The summed E-state index contributed by atoms with van der Waals surface area (Å²) in [4.78, 5) is 13.0. The van der Waals surface area contributed by atoms with Crippen molar-refractivity contribution in [1.29, 1.82) is 0 Å². The Morgan fingerprint density at radius 3 is 2.63 bits per heavy atom. The molecule has 1 fully saturated rings. The highest BCUT2D eigenvalue weighted by molar-refractivity contribution is 5.74. The van der Waals surface area contributed by atoms with Crippen LogP contribution in [0.25, 0.3) is 0 Å². The van der Waals surface area contributed by atoms with E-state index in [1.807, 2.05) is 18.2 Å². The summed E-state index contributed by atoms with van der Waals surface area (Å²) in [6, 6.07) is 7.44. The lowest BCUT2D eigenvalue weighted by molar-refractivity contribution is -0.121. The molecule has 0 spiro atoms. The number of anilines is 1. The molecule has 1 heterocycles. The number of rotatable bonds is 5. The first-order valence-electron chi connectivity index (χ1n) is 6.57. The SMILES string of the molecule is NC(=O)CC(O)C(O)c1cccc(N2CCCC2)c1. The predicted octanol–water partition coefficient (Wildman–Crippen LogP) is 0.556. The number of primary amides is 1. The molecule has 5 nitrogen and oxygen atoms in total. The highest BCUT2D eigenvalue weighted by Crippen LogP contribution is 2.26. The van der Waals surface area contributed by atoms with Crippen LogP contribution in [-0.2, 0) is 4.79 Å². The summed E-state index contributed by atoms with van der Waals surface area (Å²) >= 11 is 0. The molecule has 1 saturated heterocycles. The highest BCUT2D eigenvalue weighted by Gasteiger charge is 2.21. The monoisotopic (exact) mass is 264 g/mol. The summed E-state index contributed by atoms with van der Waals surface area (Å²) in [7, 11) is 0. The minimum atomic E-state index is -1.16. The van der Waals surface area contributed by atoms with Gasteiger partial charge in [-0.1, -0.05) is 12.1 Å². The molecule has 2 atom stereocenters. The summed E-state index contributed by atoms with van der Waals surface area (Å²) in [5, 5.41) is 19.8. The maximum Gasteiger partial charge on any atom is 0.220 e. The number of hydrogen-bond acceptors (Lipinski definition) is 4. The molecule has 1 aliphatic heterocycles. The quantitative estimate of drug-likeness (QED) is 0.725. The van der Waals surface area contributed by atoms with Crippen molar-refractivity contribution in [2.45, 2.75) is 31.5 Å². The van der Waals surface area contributed by atoms with Gasteiger partial charge in [-0.2, -0.15) is 0 Å². The summed E-state index contributed by atoms with van der Waals surface area (Å²) in [5.41, 5.74) is 6.67. The number of amides is 1. The van der Waals surface area contributed by atoms with E-state index in [0.717, 1.165) is 18.8 Å². The number of benzene rings is 1. The normalized spacial score (nSPS) is 18.3. The Balaban J connectivity index is 2.11. The van der Waals surface area contributed by atoms with Gasteiger partial charge >= 0.3 is 0 Å². The lowest BCUT2D eigenvalue weighted by atomic mass is 10.0. The smallest absolute Gasteiger partial charge is 0.220 e. The van der Waals surface area contributed by atoms with E-state index < -0.39 is 18.1 Å². The van der Waals surface area contributed by atoms with Crippen molar-refractivity contribution >= 4 is 11.6 Å². The number of nitrogens with two attached hydrogens (primary N) is 1. The van der Waals surface area contributed by atoms with E-state index >= 15 is 0 Å². The molecule has 1 amide bonds. The van der Waals surface area contributed by atoms with Crippen LogP contribution in [0.5, 0.6) is 0 Å². The number of aliphatic hydroxyl groups excluding tert-OH is 2. The minimum Gasteiger partial charge on any atom is -0.390 e. The Morgan fingerprint density at radius 2 is 2.00 bits per heavy atom. The van der Waals surface area contributed by atoms with Gasteiger partial charge in [-0.05, 0) is 30.5 Å². The lowest BCUT2D eigenvalue weighted by Gasteiger charge is -2.21. The Labute approximate surface area is 112 Å². The highest BCUT2D eigenvalue weighted by atomic mass is 16.3. The predicted molar refractivity (Wildman–Crippen MR) is 72.7 cm³/mol. The molecular formula is C14H20N2O3. The van der Waals surface area contributed by atoms with Gasteiger partial charge in [0, 0.05) is 18.8 Å². The van der Waals surface area contributed by atoms with Gasteiger partial charge in [0.1, 0.15) is 6.10 Å². The van der Waals surface area contributed by atoms with Crippen LogP contribution >= 0.6 is 0 Å². The van der Waals surface area contributed by atoms with Crippen LogP contribution in [0.4, 0.5) is 5.69 Å². The van der Waals surface area contributed by atoms with Crippen molar-refractivity contribution in [2.75, 3.05) is 18.0 Å². The topological polar surface area (TPSA) is 86.8 Å². The van der Waals surface area contributed by atoms with Gasteiger partial charge < -0.3 is 20.8 Å². The third-order valence-electron chi connectivity index (χ3n) is 3.46. The van der Waals surface area contributed by atoms with Crippen LogP contribution in [0.3, 0.4) is 0 Å². The molecule has 0 radical (unpaired) electrons. The fourth-order valence-electron chi connectivity index (χ4n) is 2.42. The molecule has 2 rings (SSSR count). The van der Waals surface area contributed by atoms with Crippen LogP contribution in [0.2, 0.25) is 0 Å². The lowest BCUT2D eigenvalue weighted by Crippen LogP contribution is -2.26. The molecule has 4 N–H and O–H groups in total. The van der Waals surface area contributed by atoms with Crippen LogP contribution in [0.1, 0.15) is 30.9 Å². The summed E-state index contributed by atoms with van der Waals surface area (Å²) in [5.74, 6) is -0.623. The third-order valence-corrected chi connectivity index (χ3v) is 3.46. The first kappa shape index (κ1) is 13.8. The molecule has 1 aromatic rings. The zero-order valence-corrected chi connectivity index (χ0v) is 10.8. The molecule has 1 aliphatic rings. The summed E-state index contributed by atoms with van der Waals surface area (Å²) < 4.78 is 0. The van der Waals surface area contributed by atoms with E-state index in [1.54, 1.807) is 6.07 Å². The van der Waals surface area contributed by atoms with Crippen molar-refractivity contribution in [3.05, 3.63) is 29.8 Å². The van der Waals surface area contributed by atoms with E-state index in [4.69, 9.17) is 5.73 Å². The average molecular weight is 264 g/mol. The second-order valence-corrected chi connectivity index (χ2v) is 4.97. The molecule has 5 heteroatoms. The number of aliphatic hydroxyl groups is 2. The maximum absolute atomic E-state index is 10.8. The van der Waals surface area contributed by atoms with Crippen molar-refractivity contribution in [3.8, 4) is 0 Å². The van der Waals surface area contributed by atoms with E-state index in [-0.39, 0.29) is 6.42 Å². The molecule has 19 heavy (non-hydrogen) atoms. The van der Waals surface area contributed by atoms with Crippen LogP contribution in [0.15, 0.2) is 24.3 Å². The summed E-state index contributed by atoms with van der Waals surface area (Å²) in [6.07, 6.45) is -0.134. The Hall–Kier alpha value is -1.59. The first-order chi connectivity index (χ1) is 9.08. The number of carbonyl (C=O) groups excluding carboxylic acids is 1. The fourth-order valence-corrected chi connectivity index (χ4v) is 2.42. The second kappa shape index (κ2) is 6.04.